The van der Waals surface area contributed by atoms with Gasteiger partial charge >= 0.3 is 0 Å². The van der Waals surface area contributed by atoms with Gasteiger partial charge in [-0.05, 0) is 18.2 Å². The third kappa shape index (κ3) is 4.10. The van der Waals surface area contributed by atoms with E-state index in [1.165, 1.54) is 0 Å². The number of rotatable bonds is 7. The summed E-state index contributed by atoms with van der Waals surface area (Å²) >= 11 is 0. The quantitative estimate of drug-likeness (QED) is 0.386. The van der Waals surface area contributed by atoms with E-state index in [0.29, 0.717) is 30.9 Å². The van der Waals surface area contributed by atoms with Crippen molar-refractivity contribution in [3.63, 3.8) is 0 Å². The number of benzene rings is 1. The fourth-order valence-electron chi connectivity index (χ4n) is 1.42. The van der Waals surface area contributed by atoms with Crippen molar-refractivity contribution >= 4 is 17.3 Å². The van der Waals surface area contributed by atoms with Gasteiger partial charge in [0.05, 0.1) is 18.0 Å². The predicted molar refractivity (Wildman–Crippen MR) is 73.8 cm³/mol. The molecule has 5 heteroatoms. The number of nitrogens with two attached hydrogens (primary N) is 1. The molecule has 0 aromatic heterocycles. The van der Waals surface area contributed by atoms with Gasteiger partial charge in [0.1, 0.15) is 0 Å². The molecule has 1 aromatic rings. The summed E-state index contributed by atoms with van der Waals surface area (Å²) in [6, 6.07) is 5.15. The van der Waals surface area contributed by atoms with Crippen molar-refractivity contribution < 1.29 is 9.53 Å². The molecule has 1 amide bonds. The van der Waals surface area contributed by atoms with Crippen LogP contribution in [-0.4, -0.2) is 32.7 Å². The van der Waals surface area contributed by atoms with E-state index in [1.807, 2.05) is 0 Å². The van der Waals surface area contributed by atoms with E-state index in [-0.39, 0.29) is 5.91 Å². The van der Waals surface area contributed by atoms with Gasteiger partial charge in [0, 0.05) is 25.8 Å². The average Bonchev–Trinajstić information content (AvgIpc) is 2.37. The number of amides is 1. The molecule has 0 heterocycles. The van der Waals surface area contributed by atoms with Gasteiger partial charge in [0.15, 0.2) is 0 Å². The Labute approximate surface area is 107 Å². The highest BCUT2D eigenvalue weighted by atomic mass is 16.5. The molecular weight excluding hydrogens is 230 g/mol. The number of carbonyl (C=O) groups is 1. The van der Waals surface area contributed by atoms with Crippen LogP contribution in [0.5, 0.6) is 0 Å². The molecule has 1 aromatic carbocycles. The summed E-state index contributed by atoms with van der Waals surface area (Å²) in [6.07, 6.45) is 1.74. The molecule has 0 fully saturated rings. The first-order valence-electron chi connectivity index (χ1n) is 5.70. The van der Waals surface area contributed by atoms with Gasteiger partial charge < -0.3 is 21.1 Å². The second-order valence-electron chi connectivity index (χ2n) is 3.72. The minimum absolute atomic E-state index is 0.158. The van der Waals surface area contributed by atoms with Gasteiger partial charge in [0.2, 0.25) is 0 Å². The first-order valence-corrected chi connectivity index (χ1v) is 5.70. The minimum atomic E-state index is -0.158. The molecule has 0 aliphatic rings. The number of carbonyl (C=O) groups excluding carboxylic acids is 1. The van der Waals surface area contributed by atoms with Crippen LogP contribution in [0.2, 0.25) is 0 Å². The number of anilines is 2. The summed E-state index contributed by atoms with van der Waals surface area (Å²) in [6.45, 7) is 5.21. The predicted octanol–water partition coefficient (Wildman–Crippen LogP) is 1.24. The lowest BCUT2D eigenvalue weighted by Gasteiger charge is -2.09. The lowest BCUT2D eigenvalue weighted by molar-refractivity contribution is 0.0937. The zero-order valence-corrected chi connectivity index (χ0v) is 10.5. The third-order valence-corrected chi connectivity index (χ3v) is 2.34. The first-order chi connectivity index (χ1) is 8.69. The first kappa shape index (κ1) is 14.1. The van der Waals surface area contributed by atoms with Crippen LogP contribution < -0.4 is 16.4 Å². The van der Waals surface area contributed by atoms with Crippen LogP contribution in [0.25, 0.3) is 0 Å². The molecule has 0 saturated heterocycles. The van der Waals surface area contributed by atoms with Crippen LogP contribution in [0.15, 0.2) is 30.9 Å². The van der Waals surface area contributed by atoms with Crippen molar-refractivity contribution in [2.24, 2.45) is 0 Å². The van der Waals surface area contributed by atoms with Gasteiger partial charge in [0.25, 0.3) is 5.91 Å². The molecule has 98 valence electrons. The van der Waals surface area contributed by atoms with Crippen LogP contribution in [0, 0.1) is 0 Å². The zero-order chi connectivity index (χ0) is 13.4. The Kier molecular flexibility index (Phi) is 5.73. The lowest BCUT2D eigenvalue weighted by atomic mass is 10.1. The van der Waals surface area contributed by atoms with E-state index in [1.54, 1.807) is 31.4 Å². The van der Waals surface area contributed by atoms with Crippen LogP contribution in [0.4, 0.5) is 11.4 Å². The number of nitrogen functional groups attached to an aromatic ring is 1. The van der Waals surface area contributed by atoms with E-state index in [4.69, 9.17) is 10.5 Å². The van der Waals surface area contributed by atoms with Crippen molar-refractivity contribution in [2.45, 2.75) is 0 Å². The van der Waals surface area contributed by atoms with Crippen molar-refractivity contribution in [3.05, 3.63) is 36.4 Å². The Bertz CT molecular complexity index is 419. The Hall–Kier alpha value is -2.01. The molecule has 0 aliphatic heterocycles. The highest BCUT2D eigenvalue weighted by Crippen LogP contribution is 2.19. The number of hydrogen-bond acceptors (Lipinski definition) is 4. The maximum Gasteiger partial charge on any atom is 0.251 e. The van der Waals surface area contributed by atoms with Gasteiger partial charge in [-0.1, -0.05) is 6.08 Å². The molecule has 4 N–H and O–H groups in total. The van der Waals surface area contributed by atoms with Crippen molar-refractivity contribution in [3.8, 4) is 0 Å². The minimum Gasteiger partial charge on any atom is -0.397 e. The Morgan fingerprint density at radius 1 is 1.56 bits per heavy atom. The SMILES string of the molecule is C=CCNc1ccc(C(=O)NCCOC)cc1N. The van der Waals surface area contributed by atoms with Crippen molar-refractivity contribution in [2.75, 3.05) is 37.9 Å². The average molecular weight is 249 g/mol. The number of methoxy groups -OCH3 is 1. The van der Waals surface area contributed by atoms with Gasteiger partial charge in [-0.3, -0.25) is 4.79 Å². The Morgan fingerprint density at radius 2 is 2.33 bits per heavy atom. The van der Waals surface area contributed by atoms with Crippen LogP contribution in [0.1, 0.15) is 10.4 Å². The fraction of sp³-hybridized carbons (Fsp3) is 0.308. The third-order valence-electron chi connectivity index (χ3n) is 2.34. The molecular formula is C13H19N3O2. The smallest absolute Gasteiger partial charge is 0.251 e. The molecule has 18 heavy (non-hydrogen) atoms. The summed E-state index contributed by atoms with van der Waals surface area (Å²) in [5.74, 6) is -0.158. The molecule has 0 radical (unpaired) electrons. The van der Waals surface area contributed by atoms with E-state index >= 15 is 0 Å². The topological polar surface area (TPSA) is 76.4 Å². The second kappa shape index (κ2) is 7.34. The standard InChI is InChI=1S/C13H19N3O2/c1-3-6-15-12-5-4-10(9-11(12)14)13(17)16-7-8-18-2/h3-5,9,15H,1,6-8,14H2,2H3,(H,16,17). The fourth-order valence-corrected chi connectivity index (χ4v) is 1.42. The van der Waals surface area contributed by atoms with Crippen molar-refractivity contribution in [1.29, 1.82) is 0 Å². The molecule has 0 atom stereocenters. The highest BCUT2D eigenvalue weighted by molar-refractivity contribution is 5.96. The summed E-state index contributed by atoms with van der Waals surface area (Å²) in [5, 5.41) is 5.82. The highest BCUT2D eigenvalue weighted by Gasteiger charge is 2.07. The molecule has 0 saturated carbocycles. The lowest BCUT2D eigenvalue weighted by Crippen LogP contribution is -2.27. The number of ether oxygens (including phenoxy) is 1. The molecule has 5 nitrogen and oxygen atoms in total. The van der Waals surface area contributed by atoms with E-state index < -0.39 is 0 Å². The summed E-state index contributed by atoms with van der Waals surface area (Å²) in [5.41, 5.74) is 7.72. The number of nitrogens with one attached hydrogen (secondary N) is 2. The molecule has 0 aliphatic carbocycles. The van der Waals surface area contributed by atoms with E-state index in [2.05, 4.69) is 17.2 Å². The Morgan fingerprint density at radius 3 is 2.94 bits per heavy atom. The largest absolute Gasteiger partial charge is 0.397 e. The summed E-state index contributed by atoms with van der Waals surface area (Å²) in [7, 11) is 1.59. The normalized spacial score (nSPS) is 9.83. The van der Waals surface area contributed by atoms with E-state index in [0.717, 1.165) is 5.69 Å². The molecule has 0 bridgehead atoms. The maximum absolute atomic E-state index is 11.7. The van der Waals surface area contributed by atoms with Crippen molar-refractivity contribution in [1.82, 2.24) is 5.32 Å². The molecule has 0 spiro atoms. The van der Waals surface area contributed by atoms with Gasteiger partial charge in [-0.2, -0.15) is 0 Å². The van der Waals surface area contributed by atoms with Gasteiger partial charge in [-0.15, -0.1) is 6.58 Å². The van der Waals surface area contributed by atoms with Crippen LogP contribution in [0.3, 0.4) is 0 Å². The van der Waals surface area contributed by atoms with E-state index in [9.17, 15) is 4.79 Å². The van der Waals surface area contributed by atoms with Gasteiger partial charge in [-0.25, -0.2) is 0 Å². The van der Waals surface area contributed by atoms with Crippen LogP contribution >= 0.6 is 0 Å². The monoisotopic (exact) mass is 249 g/mol. The number of hydrogen-bond donors (Lipinski definition) is 3. The second-order valence-corrected chi connectivity index (χ2v) is 3.72. The van der Waals surface area contributed by atoms with Crippen LogP contribution in [-0.2, 0) is 4.74 Å². The zero-order valence-electron chi connectivity index (χ0n) is 10.5. The molecule has 0 unspecified atom stereocenters. The molecule has 1 rings (SSSR count). The maximum atomic E-state index is 11.7. The Balaban J connectivity index is 2.65. The summed E-state index contributed by atoms with van der Waals surface area (Å²) < 4.78 is 4.86. The summed E-state index contributed by atoms with van der Waals surface area (Å²) in [4.78, 5) is 11.7.